The number of benzene rings is 2. The van der Waals surface area contributed by atoms with Crippen molar-refractivity contribution in [2.24, 2.45) is 5.92 Å². The number of carbonyl (C=O) groups is 2. The Kier molecular flexibility index (Phi) is 5.75. The van der Waals surface area contributed by atoms with E-state index in [4.69, 9.17) is 4.74 Å². The molecule has 2 heterocycles. The fourth-order valence-corrected chi connectivity index (χ4v) is 4.70. The predicted octanol–water partition coefficient (Wildman–Crippen LogP) is 3.99. The van der Waals surface area contributed by atoms with Gasteiger partial charge < -0.3 is 15.0 Å². The molecule has 2 aromatic rings. The first-order valence-electron chi connectivity index (χ1n) is 10.2. The molecule has 4 rings (SSSR count). The van der Waals surface area contributed by atoms with Crippen molar-refractivity contribution in [1.29, 1.82) is 0 Å². The number of fused-ring (bicyclic) bond motifs is 1. The molecule has 0 saturated carbocycles. The third-order valence-corrected chi connectivity index (χ3v) is 6.29. The summed E-state index contributed by atoms with van der Waals surface area (Å²) in [6, 6.07) is 4.70. The summed E-state index contributed by atoms with van der Waals surface area (Å²) in [6.07, 6.45) is 1.52. The minimum absolute atomic E-state index is 0.00703. The highest BCUT2D eigenvalue weighted by Gasteiger charge is 2.44. The molecule has 2 unspecified atom stereocenters. The van der Waals surface area contributed by atoms with Crippen molar-refractivity contribution < 1.29 is 27.5 Å². The summed E-state index contributed by atoms with van der Waals surface area (Å²) >= 11 is 0. The minimum atomic E-state index is -0.990. The number of piperidine rings is 1. The lowest BCUT2D eigenvalue weighted by Crippen LogP contribution is -2.47. The smallest absolute Gasteiger partial charge is 0.338 e. The average molecular weight is 432 g/mol. The fourth-order valence-electron chi connectivity index (χ4n) is 4.70. The van der Waals surface area contributed by atoms with Gasteiger partial charge in [0.05, 0.1) is 24.2 Å². The van der Waals surface area contributed by atoms with Gasteiger partial charge in [0.15, 0.2) is 5.78 Å². The molecule has 0 aromatic heterocycles. The van der Waals surface area contributed by atoms with Gasteiger partial charge in [0, 0.05) is 23.4 Å². The summed E-state index contributed by atoms with van der Waals surface area (Å²) in [7, 11) is 3.14. The monoisotopic (exact) mass is 432 g/mol. The van der Waals surface area contributed by atoms with Crippen LogP contribution in [0.5, 0.6) is 0 Å². The number of nitrogens with zero attached hydrogens (tertiary/aromatic N) is 1. The molecular formula is C23H23F3N2O3. The van der Waals surface area contributed by atoms with Crippen LogP contribution in [0.1, 0.15) is 45.0 Å². The Labute approximate surface area is 178 Å². The number of carbonyl (C=O) groups excluding carboxylic acids is 2. The van der Waals surface area contributed by atoms with Crippen LogP contribution in [0.15, 0.2) is 30.3 Å². The van der Waals surface area contributed by atoms with Gasteiger partial charge in [0.25, 0.3) is 0 Å². The third kappa shape index (κ3) is 3.92. The molecule has 0 aliphatic carbocycles. The number of nitrogens with one attached hydrogen (secondary N) is 1. The second-order valence-electron chi connectivity index (χ2n) is 8.19. The van der Waals surface area contributed by atoms with Crippen molar-refractivity contribution in [2.45, 2.75) is 24.8 Å². The number of hydrogen-bond donors (Lipinski definition) is 1. The third-order valence-electron chi connectivity index (χ3n) is 6.29. The number of Topliss-reactive ketones (excluding diaryl/α,β-unsaturated/α-hetero) is 1. The van der Waals surface area contributed by atoms with Crippen LogP contribution in [-0.4, -0.2) is 49.9 Å². The first kappa shape index (κ1) is 21.4. The molecular weight excluding hydrogens is 409 g/mol. The lowest BCUT2D eigenvalue weighted by molar-refractivity contribution is 0.0595. The van der Waals surface area contributed by atoms with Crippen molar-refractivity contribution in [1.82, 2.24) is 4.90 Å². The van der Waals surface area contributed by atoms with Crippen LogP contribution < -0.4 is 5.32 Å². The van der Waals surface area contributed by atoms with Crippen LogP contribution in [0.4, 0.5) is 18.9 Å². The van der Waals surface area contributed by atoms with E-state index >= 15 is 0 Å². The molecule has 31 heavy (non-hydrogen) atoms. The molecule has 2 aliphatic heterocycles. The minimum Gasteiger partial charge on any atom is -0.465 e. The summed E-state index contributed by atoms with van der Waals surface area (Å²) < 4.78 is 47.3. The van der Waals surface area contributed by atoms with E-state index in [0.717, 1.165) is 51.2 Å². The zero-order chi connectivity index (χ0) is 22.3. The Hall–Kier alpha value is -2.87. The maximum atomic E-state index is 14.8. The second kappa shape index (κ2) is 8.34. The highest BCUT2D eigenvalue weighted by Crippen LogP contribution is 2.42. The number of esters is 1. The SMILES string of the molecule is COC(=O)c1cc(F)cc2c1C(=O)C(c1ccc(F)cc1F)C(C1CCN(C)CC1)N2. The van der Waals surface area contributed by atoms with Gasteiger partial charge in [-0.15, -0.1) is 0 Å². The van der Waals surface area contributed by atoms with E-state index in [1.54, 1.807) is 0 Å². The summed E-state index contributed by atoms with van der Waals surface area (Å²) in [6.45, 7) is 1.61. The first-order chi connectivity index (χ1) is 14.8. The molecule has 0 bridgehead atoms. The van der Waals surface area contributed by atoms with Crippen LogP contribution in [0.25, 0.3) is 0 Å². The number of anilines is 1. The number of likely N-dealkylation sites (tertiary alicyclic amines) is 1. The number of ether oxygens (including phenoxy) is 1. The van der Waals surface area contributed by atoms with E-state index < -0.39 is 41.2 Å². The highest BCUT2D eigenvalue weighted by molar-refractivity contribution is 6.14. The largest absolute Gasteiger partial charge is 0.465 e. The van der Waals surface area contributed by atoms with E-state index in [1.807, 2.05) is 7.05 Å². The Balaban J connectivity index is 1.86. The van der Waals surface area contributed by atoms with Crippen molar-refractivity contribution in [3.8, 4) is 0 Å². The maximum Gasteiger partial charge on any atom is 0.338 e. The molecule has 2 aromatic carbocycles. The van der Waals surface area contributed by atoms with E-state index in [9.17, 15) is 22.8 Å². The number of halogens is 3. The van der Waals surface area contributed by atoms with Crippen LogP contribution in [0.2, 0.25) is 0 Å². The van der Waals surface area contributed by atoms with Crippen molar-refractivity contribution in [3.05, 3.63) is 64.5 Å². The van der Waals surface area contributed by atoms with Crippen LogP contribution in [0, 0.1) is 23.4 Å². The highest BCUT2D eigenvalue weighted by atomic mass is 19.1. The van der Waals surface area contributed by atoms with Gasteiger partial charge in [-0.05, 0) is 57.1 Å². The topological polar surface area (TPSA) is 58.6 Å². The number of hydrogen-bond acceptors (Lipinski definition) is 5. The standard InChI is InChI=1S/C23H23F3N2O3/c1-28-7-5-12(6-8-28)21-20(15-4-3-13(24)10-17(15)26)22(29)19-16(23(30)31-2)9-14(25)11-18(19)27-21/h3-4,9-12,20-21,27H,5-8H2,1-2H3. The van der Waals surface area contributed by atoms with Crippen molar-refractivity contribution >= 4 is 17.4 Å². The fraction of sp³-hybridized carbons (Fsp3) is 0.391. The van der Waals surface area contributed by atoms with Gasteiger partial charge in [-0.25, -0.2) is 18.0 Å². The number of ketones is 1. The van der Waals surface area contributed by atoms with E-state index in [2.05, 4.69) is 10.2 Å². The Morgan fingerprint density at radius 3 is 2.45 bits per heavy atom. The number of rotatable bonds is 3. The molecule has 1 N–H and O–H groups in total. The quantitative estimate of drug-likeness (QED) is 0.744. The van der Waals surface area contributed by atoms with Crippen molar-refractivity contribution in [2.75, 3.05) is 32.6 Å². The summed E-state index contributed by atoms with van der Waals surface area (Å²) in [5.41, 5.74) is -0.0165. The van der Waals surface area contributed by atoms with E-state index in [-0.39, 0.29) is 28.3 Å². The lowest BCUT2D eigenvalue weighted by Gasteiger charge is -2.42. The average Bonchev–Trinajstić information content (AvgIpc) is 2.73. The van der Waals surface area contributed by atoms with E-state index in [1.165, 1.54) is 12.1 Å². The summed E-state index contributed by atoms with van der Waals surface area (Å²) in [5.74, 6) is -4.61. The molecule has 2 atom stereocenters. The second-order valence-corrected chi connectivity index (χ2v) is 8.19. The Bertz CT molecular complexity index is 1030. The molecule has 8 heteroatoms. The van der Waals surface area contributed by atoms with Crippen LogP contribution >= 0.6 is 0 Å². The van der Waals surface area contributed by atoms with Crippen molar-refractivity contribution in [3.63, 3.8) is 0 Å². The molecule has 5 nitrogen and oxygen atoms in total. The summed E-state index contributed by atoms with van der Waals surface area (Å²) in [4.78, 5) is 28.1. The predicted molar refractivity (Wildman–Crippen MR) is 109 cm³/mol. The molecule has 1 saturated heterocycles. The van der Waals surface area contributed by atoms with Gasteiger partial charge >= 0.3 is 5.97 Å². The summed E-state index contributed by atoms with van der Waals surface area (Å²) in [5, 5.41) is 3.21. The van der Waals surface area contributed by atoms with E-state index in [0.29, 0.717) is 0 Å². The zero-order valence-corrected chi connectivity index (χ0v) is 17.3. The molecule has 0 amide bonds. The van der Waals surface area contributed by atoms with Gasteiger partial charge in [-0.3, -0.25) is 4.79 Å². The normalized spacial score (nSPS) is 22.0. The lowest BCUT2D eigenvalue weighted by atomic mass is 9.72. The van der Waals surface area contributed by atoms with Crippen LogP contribution in [-0.2, 0) is 4.74 Å². The Morgan fingerprint density at radius 2 is 1.81 bits per heavy atom. The molecule has 0 spiro atoms. The zero-order valence-electron chi connectivity index (χ0n) is 17.3. The van der Waals surface area contributed by atoms with Gasteiger partial charge in [0.1, 0.15) is 17.5 Å². The molecule has 1 fully saturated rings. The molecule has 164 valence electrons. The maximum absolute atomic E-state index is 14.8. The van der Waals surface area contributed by atoms with Crippen LogP contribution in [0.3, 0.4) is 0 Å². The molecule has 2 aliphatic rings. The van der Waals surface area contributed by atoms with Gasteiger partial charge in [-0.2, -0.15) is 0 Å². The van der Waals surface area contributed by atoms with Gasteiger partial charge in [-0.1, -0.05) is 6.07 Å². The van der Waals surface area contributed by atoms with Gasteiger partial charge in [0.2, 0.25) is 0 Å². The first-order valence-corrected chi connectivity index (χ1v) is 10.2. The molecule has 0 radical (unpaired) electrons. The number of methoxy groups -OCH3 is 1. The Morgan fingerprint density at radius 1 is 1.10 bits per heavy atom.